The average molecular weight is 140 g/mol. The van der Waals surface area contributed by atoms with Crippen LogP contribution in [-0.4, -0.2) is 30.6 Å². The van der Waals surface area contributed by atoms with Crippen molar-refractivity contribution < 1.29 is 0 Å². The van der Waals surface area contributed by atoms with Gasteiger partial charge in [0.2, 0.25) is 0 Å². The van der Waals surface area contributed by atoms with E-state index in [9.17, 15) is 0 Å². The molecule has 1 atom stereocenters. The Kier molecular flexibility index (Phi) is 2.90. The molecule has 1 unspecified atom stereocenters. The van der Waals surface area contributed by atoms with Crippen LogP contribution in [0, 0.1) is 0 Å². The van der Waals surface area contributed by atoms with Gasteiger partial charge in [0.1, 0.15) is 0 Å². The molecule has 0 aliphatic carbocycles. The first-order chi connectivity index (χ1) is 4.83. The van der Waals surface area contributed by atoms with Gasteiger partial charge < -0.3 is 5.73 Å². The lowest BCUT2D eigenvalue weighted by Crippen LogP contribution is -2.35. The molecular formula is C8H16N2. The number of nitrogens with two attached hydrogens (primary N) is 1. The second kappa shape index (κ2) is 3.74. The molecule has 0 fully saturated rings. The van der Waals surface area contributed by atoms with Crippen LogP contribution in [0.4, 0.5) is 0 Å². The van der Waals surface area contributed by atoms with Gasteiger partial charge in [0.05, 0.1) is 0 Å². The maximum atomic E-state index is 5.78. The fourth-order valence-electron chi connectivity index (χ4n) is 1.13. The molecule has 10 heavy (non-hydrogen) atoms. The summed E-state index contributed by atoms with van der Waals surface area (Å²) in [5.41, 5.74) is 5.78. The summed E-state index contributed by atoms with van der Waals surface area (Å²) in [4.78, 5) is 2.36. The fraction of sp³-hybridized carbons (Fsp3) is 0.750. The highest BCUT2D eigenvalue weighted by atomic mass is 15.1. The van der Waals surface area contributed by atoms with Crippen LogP contribution in [0.3, 0.4) is 0 Å². The first kappa shape index (κ1) is 7.76. The Labute approximate surface area is 62.7 Å². The lowest BCUT2D eigenvalue weighted by Gasteiger charge is -2.18. The van der Waals surface area contributed by atoms with Crippen molar-refractivity contribution in [2.45, 2.75) is 19.4 Å². The van der Waals surface area contributed by atoms with Gasteiger partial charge in [-0.15, -0.1) is 0 Å². The van der Waals surface area contributed by atoms with Crippen molar-refractivity contribution in [2.75, 3.05) is 19.6 Å². The van der Waals surface area contributed by atoms with E-state index in [2.05, 4.69) is 24.0 Å². The van der Waals surface area contributed by atoms with Gasteiger partial charge in [0.15, 0.2) is 0 Å². The second-order valence-corrected chi connectivity index (χ2v) is 2.86. The number of hydrogen-bond donors (Lipinski definition) is 1. The van der Waals surface area contributed by atoms with Crippen LogP contribution in [-0.2, 0) is 0 Å². The Morgan fingerprint density at radius 1 is 1.50 bits per heavy atom. The first-order valence-electron chi connectivity index (χ1n) is 3.96. The molecule has 0 aromatic heterocycles. The third-order valence-electron chi connectivity index (χ3n) is 1.91. The van der Waals surface area contributed by atoms with E-state index in [0.29, 0.717) is 6.04 Å². The molecule has 0 aromatic carbocycles. The molecule has 1 aliphatic heterocycles. The van der Waals surface area contributed by atoms with Gasteiger partial charge >= 0.3 is 0 Å². The number of hydrogen-bond acceptors (Lipinski definition) is 2. The van der Waals surface area contributed by atoms with Crippen LogP contribution >= 0.6 is 0 Å². The number of nitrogens with zero attached hydrogens (tertiary/aromatic N) is 1. The van der Waals surface area contributed by atoms with Crippen molar-refractivity contribution in [3.05, 3.63) is 12.2 Å². The van der Waals surface area contributed by atoms with E-state index in [1.165, 1.54) is 0 Å². The summed E-state index contributed by atoms with van der Waals surface area (Å²) in [6.07, 6.45) is 5.47. The minimum Gasteiger partial charge on any atom is -0.327 e. The first-order valence-corrected chi connectivity index (χ1v) is 3.96. The fourth-order valence-corrected chi connectivity index (χ4v) is 1.13. The molecule has 58 valence electrons. The third kappa shape index (κ3) is 2.12. The summed E-state index contributed by atoms with van der Waals surface area (Å²) in [5.74, 6) is 0. The van der Waals surface area contributed by atoms with Gasteiger partial charge in [0.25, 0.3) is 0 Å². The average Bonchev–Trinajstić information content (AvgIpc) is 2.40. The summed E-state index contributed by atoms with van der Waals surface area (Å²) in [5, 5.41) is 0. The van der Waals surface area contributed by atoms with Crippen LogP contribution < -0.4 is 5.73 Å². The molecular weight excluding hydrogens is 124 g/mol. The Balaban J connectivity index is 2.13. The highest BCUT2D eigenvalue weighted by molar-refractivity contribution is 4.95. The molecule has 0 spiro atoms. The third-order valence-corrected chi connectivity index (χ3v) is 1.91. The van der Waals surface area contributed by atoms with Gasteiger partial charge in [-0.25, -0.2) is 0 Å². The van der Waals surface area contributed by atoms with E-state index in [1.54, 1.807) is 0 Å². The van der Waals surface area contributed by atoms with Crippen molar-refractivity contribution in [1.82, 2.24) is 4.90 Å². The van der Waals surface area contributed by atoms with Gasteiger partial charge in [-0.1, -0.05) is 19.1 Å². The van der Waals surface area contributed by atoms with Crippen molar-refractivity contribution in [1.29, 1.82) is 0 Å². The zero-order valence-corrected chi connectivity index (χ0v) is 6.59. The molecule has 1 aliphatic rings. The SMILES string of the molecule is CCC(N)CN1CC=CC1. The molecule has 0 saturated heterocycles. The summed E-state index contributed by atoms with van der Waals surface area (Å²) < 4.78 is 0. The lowest BCUT2D eigenvalue weighted by molar-refractivity contribution is 0.322. The van der Waals surface area contributed by atoms with Gasteiger partial charge in [0, 0.05) is 25.7 Å². The Morgan fingerprint density at radius 3 is 2.60 bits per heavy atom. The van der Waals surface area contributed by atoms with E-state index in [0.717, 1.165) is 26.1 Å². The summed E-state index contributed by atoms with van der Waals surface area (Å²) >= 11 is 0. The summed E-state index contributed by atoms with van der Waals surface area (Å²) in [6.45, 7) is 5.36. The Morgan fingerprint density at radius 2 is 2.10 bits per heavy atom. The largest absolute Gasteiger partial charge is 0.327 e. The van der Waals surface area contributed by atoms with Crippen molar-refractivity contribution in [3.8, 4) is 0 Å². The Hall–Kier alpha value is -0.340. The van der Waals surface area contributed by atoms with Crippen LogP contribution in [0.5, 0.6) is 0 Å². The van der Waals surface area contributed by atoms with E-state index in [1.807, 2.05) is 0 Å². The van der Waals surface area contributed by atoms with E-state index < -0.39 is 0 Å². The molecule has 2 heteroatoms. The molecule has 0 amide bonds. The minimum absolute atomic E-state index is 0.361. The summed E-state index contributed by atoms with van der Waals surface area (Å²) in [7, 11) is 0. The molecule has 2 nitrogen and oxygen atoms in total. The lowest BCUT2D eigenvalue weighted by atomic mass is 10.2. The standard InChI is InChI=1S/C8H16N2/c1-2-8(9)7-10-5-3-4-6-10/h3-4,8H,2,5-7,9H2,1H3. The van der Waals surface area contributed by atoms with Crippen LogP contribution in [0.2, 0.25) is 0 Å². The van der Waals surface area contributed by atoms with E-state index in [4.69, 9.17) is 5.73 Å². The Bertz CT molecular complexity index is 112. The van der Waals surface area contributed by atoms with Crippen molar-refractivity contribution in [2.24, 2.45) is 5.73 Å². The van der Waals surface area contributed by atoms with Crippen LogP contribution in [0.15, 0.2) is 12.2 Å². The maximum Gasteiger partial charge on any atom is 0.0167 e. The molecule has 2 N–H and O–H groups in total. The normalized spacial score (nSPS) is 21.8. The highest BCUT2D eigenvalue weighted by Gasteiger charge is 2.08. The molecule has 1 rings (SSSR count). The van der Waals surface area contributed by atoms with Gasteiger partial charge in [-0.3, -0.25) is 4.90 Å². The predicted molar refractivity (Wildman–Crippen MR) is 43.8 cm³/mol. The van der Waals surface area contributed by atoms with Crippen LogP contribution in [0.25, 0.3) is 0 Å². The summed E-state index contributed by atoms with van der Waals surface area (Å²) in [6, 6.07) is 0.361. The van der Waals surface area contributed by atoms with Crippen LogP contribution in [0.1, 0.15) is 13.3 Å². The van der Waals surface area contributed by atoms with Crippen molar-refractivity contribution in [3.63, 3.8) is 0 Å². The zero-order chi connectivity index (χ0) is 7.40. The highest BCUT2D eigenvalue weighted by Crippen LogP contribution is 2.00. The molecule has 0 radical (unpaired) electrons. The number of rotatable bonds is 3. The van der Waals surface area contributed by atoms with Gasteiger partial charge in [-0.05, 0) is 6.42 Å². The van der Waals surface area contributed by atoms with Gasteiger partial charge in [-0.2, -0.15) is 0 Å². The smallest absolute Gasteiger partial charge is 0.0167 e. The molecule has 0 aromatic rings. The monoisotopic (exact) mass is 140 g/mol. The molecule has 0 bridgehead atoms. The topological polar surface area (TPSA) is 29.3 Å². The zero-order valence-electron chi connectivity index (χ0n) is 6.59. The molecule has 1 heterocycles. The molecule has 0 saturated carbocycles. The van der Waals surface area contributed by atoms with Crippen molar-refractivity contribution >= 4 is 0 Å². The minimum atomic E-state index is 0.361. The van der Waals surface area contributed by atoms with E-state index in [-0.39, 0.29) is 0 Å². The quantitative estimate of drug-likeness (QED) is 0.581. The van der Waals surface area contributed by atoms with E-state index >= 15 is 0 Å². The maximum absolute atomic E-state index is 5.78. The second-order valence-electron chi connectivity index (χ2n) is 2.86. The predicted octanol–water partition coefficient (Wildman–Crippen LogP) is 0.595.